The number of hydrogen-bond donors (Lipinski definition) is 2. The summed E-state index contributed by atoms with van der Waals surface area (Å²) in [7, 11) is 1.33. The Bertz CT molecular complexity index is 810. The molecule has 1 saturated heterocycles. The Kier molecular flexibility index (Phi) is 7.48. The molecule has 0 saturated carbocycles. The fourth-order valence-corrected chi connectivity index (χ4v) is 4.83. The van der Waals surface area contributed by atoms with Gasteiger partial charge < -0.3 is 20.1 Å². The van der Waals surface area contributed by atoms with Gasteiger partial charge in [-0.3, -0.25) is 9.69 Å². The summed E-state index contributed by atoms with van der Waals surface area (Å²) >= 11 is 2.99. The van der Waals surface area contributed by atoms with E-state index >= 15 is 0 Å². The first-order valence-corrected chi connectivity index (χ1v) is 10.9. The van der Waals surface area contributed by atoms with Gasteiger partial charge in [-0.1, -0.05) is 12.1 Å². The molecule has 29 heavy (non-hydrogen) atoms. The maximum Gasteiger partial charge on any atom is 0.410 e. The molecule has 156 valence electrons. The lowest BCUT2D eigenvalue weighted by atomic mass is 9.93. The second-order valence-electron chi connectivity index (χ2n) is 6.38. The van der Waals surface area contributed by atoms with Crippen LogP contribution in [0.2, 0.25) is 0 Å². The molecule has 3 heterocycles. The quantitative estimate of drug-likeness (QED) is 0.717. The Balaban J connectivity index is 2.00. The molecule has 8 nitrogen and oxygen atoms in total. The van der Waals surface area contributed by atoms with Gasteiger partial charge in [0.25, 0.3) is 0 Å². The number of hydrogen-bond acceptors (Lipinski definition) is 7. The lowest BCUT2D eigenvalue weighted by molar-refractivity contribution is -0.148. The highest BCUT2D eigenvalue weighted by molar-refractivity contribution is 7.10. The average Bonchev–Trinajstić information content (AvgIpc) is 3.42. The third-order valence-corrected chi connectivity index (χ3v) is 6.35. The standard InChI is InChI=1S/C19H23N3O5S2/c1-26-17(23)14-6-7-20-18(24)21-8-9-27-19(25)22(12-13-4-2-10-28-13)16(14)15-5-3-11-29-15/h2-5,10-11,14,16H,6-9,12H2,1H3,(H2,20,21,24). The molecule has 0 radical (unpaired) electrons. The summed E-state index contributed by atoms with van der Waals surface area (Å²) in [5.41, 5.74) is 0. The molecule has 0 aliphatic carbocycles. The molecule has 1 aliphatic heterocycles. The molecule has 3 amide bonds. The minimum absolute atomic E-state index is 0.0350. The number of ether oxygens (including phenoxy) is 2. The first-order chi connectivity index (χ1) is 14.1. The van der Waals surface area contributed by atoms with Crippen LogP contribution in [0.15, 0.2) is 35.0 Å². The van der Waals surface area contributed by atoms with Crippen LogP contribution in [-0.4, -0.2) is 49.8 Å². The molecule has 2 aromatic heterocycles. The maximum absolute atomic E-state index is 13.0. The van der Waals surface area contributed by atoms with E-state index in [1.54, 1.807) is 4.90 Å². The number of rotatable bonds is 4. The third-order valence-electron chi connectivity index (χ3n) is 4.55. The lowest BCUT2D eigenvalue weighted by Crippen LogP contribution is -2.45. The highest BCUT2D eigenvalue weighted by Gasteiger charge is 2.39. The van der Waals surface area contributed by atoms with Crippen molar-refractivity contribution in [2.24, 2.45) is 5.92 Å². The maximum atomic E-state index is 13.0. The smallest absolute Gasteiger partial charge is 0.410 e. The molecule has 2 unspecified atom stereocenters. The molecule has 0 bridgehead atoms. The lowest BCUT2D eigenvalue weighted by Gasteiger charge is -2.35. The van der Waals surface area contributed by atoms with Gasteiger partial charge in [0, 0.05) is 16.3 Å². The predicted octanol–water partition coefficient (Wildman–Crippen LogP) is 2.98. The van der Waals surface area contributed by atoms with Crippen LogP contribution in [0, 0.1) is 5.92 Å². The number of methoxy groups -OCH3 is 1. The first kappa shape index (κ1) is 21.1. The molecule has 10 heteroatoms. The number of cyclic esters (lactones) is 1. The van der Waals surface area contributed by atoms with Crippen molar-refractivity contribution in [1.82, 2.24) is 15.5 Å². The van der Waals surface area contributed by atoms with Crippen molar-refractivity contribution >= 4 is 40.8 Å². The summed E-state index contributed by atoms with van der Waals surface area (Å²) in [6, 6.07) is 6.69. The molecule has 3 rings (SSSR count). The van der Waals surface area contributed by atoms with Crippen LogP contribution < -0.4 is 10.6 Å². The zero-order valence-corrected chi connectivity index (χ0v) is 17.6. The first-order valence-electron chi connectivity index (χ1n) is 9.19. The van der Waals surface area contributed by atoms with Crippen LogP contribution in [0.3, 0.4) is 0 Å². The van der Waals surface area contributed by atoms with Gasteiger partial charge in [0.15, 0.2) is 0 Å². The Labute approximate surface area is 176 Å². The topological polar surface area (TPSA) is 97.0 Å². The van der Waals surface area contributed by atoms with E-state index in [4.69, 9.17) is 9.47 Å². The number of carbonyl (C=O) groups is 3. The number of urea groups is 1. The molecular formula is C19H23N3O5S2. The van der Waals surface area contributed by atoms with Gasteiger partial charge in [-0.2, -0.15) is 0 Å². The number of esters is 1. The molecule has 2 aromatic rings. The number of nitrogens with one attached hydrogen (secondary N) is 2. The molecule has 0 spiro atoms. The van der Waals surface area contributed by atoms with E-state index in [1.807, 2.05) is 35.0 Å². The van der Waals surface area contributed by atoms with E-state index in [9.17, 15) is 14.4 Å². The van der Waals surface area contributed by atoms with Gasteiger partial charge in [-0.25, -0.2) is 9.59 Å². The number of nitrogens with zero attached hydrogens (tertiary/aromatic N) is 1. The van der Waals surface area contributed by atoms with E-state index in [-0.39, 0.29) is 25.7 Å². The van der Waals surface area contributed by atoms with Crippen LogP contribution in [0.1, 0.15) is 22.2 Å². The molecule has 0 aromatic carbocycles. The SMILES string of the molecule is COC(=O)C1CCNC(=O)NCCOC(=O)N(Cc2cccs2)C1c1cccs1. The largest absolute Gasteiger partial charge is 0.469 e. The Morgan fingerprint density at radius 1 is 1.21 bits per heavy atom. The van der Waals surface area contributed by atoms with E-state index in [0.29, 0.717) is 13.0 Å². The minimum atomic E-state index is -0.661. The monoisotopic (exact) mass is 437 g/mol. The molecule has 2 N–H and O–H groups in total. The summed E-state index contributed by atoms with van der Waals surface area (Å²) in [4.78, 5) is 41.0. The van der Waals surface area contributed by atoms with Crippen LogP contribution >= 0.6 is 22.7 Å². The fourth-order valence-electron chi connectivity index (χ4n) is 3.22. The van der Waals surface area contributed by atoms with Gasteiger partial charge in [0.2, 0.25) is 0 Å². The molecular weight excluding hydrogens is 414 g/mol. The highest BCUT2D eigenvalue weighted by atomic mass is 32.1. The van der Waals surface area contributed by atoms with Crippen molar-refractivity contribution < 1.29 is 23.9 Å². The fraction of sp³-hybridized carbons (Fsp3) is 0.421. The van der Waals surface area contributed by atoms with E-state index in [0.717, 1.165) is 9.75 Å². The van der Waals surface area contributed by atoms with Gasteiger partial charge in [0.05, 0.1) is 32.2 Å². The molecule has 1 aliphatic rings. The zero-order valence-electron chi connectivity index (χ0n) is 16.0. The van der Waals surface area contributed by atoms with Crippen LogP contribution in [0.25, 0.3) is 0 Å². The summed E-state index contributed by atoms with van der Waals surface area (Å²) in [6.07, 6.45) is -0.217. The average molecular weight is 438 g/mol. The predicted molar refractivity (Wildman–Crippen MR) is 110 cm³/mol. The van der Waals surface area contributed by atoms with Crippen LogP contribution in [0.4, 0.5) is 9.59 Å². The summed E-state index contributed by atoms with van der Waals surface area (Å²) in [5, 5.41) is 9.20. The Morgan fingerprint density at radius 2 is 1.97 bits per heavy atom. The van der Waals surface area contributed by atoms with Crippen molar-refractivity contribution in [3.05, 3.63) is 44.8 Å². The van der Waals surface area contributed by atoms with Gasteiger partial charge in [-0.05, 0) is 29.3 Å². The Hall–Kier alpha value is -2.59. The van der Waals surface area contributed by atoms with Crippen molar-refractivity contribution in [3.63, 3.8) is 0 Å². The van der Waals surface area contributed by atoms with Crippen LogP contribution in [0.5, 0.6) is 0 Å². The minimum Gasteiger partial charge on any atom is -0.469 e. The number of thiophene rings is 2. The normalized spacial score (nSPS) is 21.2. The van der Waals surface area contributed by atoms with E-state index < -0.39 is 24.0 Å². The summed E-state index contributed by atoms with van der Waals surface area (Å²) < 4.78 is 10.5. The Morgan fingerprint density at radius 3 is 2.66 bits per heavy atom. The summed E-state index contributed by atoms with van der Waals surface area (Å²) in [5.74, 6) is -1.10. The molecule has 2 atom stereocenters. The van der Waals surface area contributed by atoms with E-state index in [1.165, 1.54) is 29.8 Å². The van der Waals surface area contributed by atoms with Crippen molar-refractivity contribution in [2.45, 2.75) is 19.0 Å². The van der Waals surface area contributed by atoms with Crippen molar-refractivity contribution in [1.29, 1.82) is 0 Å². The highest BCUT2D eigenvalue weighted by Crippen LogP contribution is 2.36. The summed E-state index contributed by atoms with van der Waals surface area (Å²) in [6.45, 7) is 0.823. The molecule has 1 fully saturated rings. The number of amides is 3. The second-order valence-corrected chi connectivity index (χ2v) is 8.39. The van der Waals surface area contributed by atoms with Gasteiger partial charge in [0.1, 0.15) is 6.61 Å². The van der Waals surface area contributed by atoms with Gasteiger partial charge in [-0.15, -0.1) is 22.7 Å². The van der Waals surface area contributed by atoms with E-state index in [2.05, 4.69) is 10.6 Å². The van der Waals surface area contributed by atoms with Crippen molar-refractivity contribution in [2.75, 3.05) is 26.8 Å². The van der Waals surface area contributed by atoms with Crippen LogP contribution in [-0.2, 0) is 20.8 Å². The van der Waals surface area contributed by atoms with Gasteiger partial charge >= 0.3 is 18.1 Å². The second kappa shape index (κ2) is 10.3. The van der Waals surface area contributed by atoms with Crippen molar-refractivity contribution in [3.8, 4) is 0 Å². The third kappa shape index (κ3) is 5.48. The number of carbonyl (C=O) groups excluding carboxylic acids is 3. The zero-order chi connectivity index (χ0) is 20.6.